The molecule has 2 rings (SSSR count). The van der Waals surface area contributed by atoms with E-state index in [2.05, 4.69) is 9.62 Å². The van der Waals surface area contributed by atoms with Crippen LogP contribution in [0, 0.1) is 0 Å². The first-order valence-electron chi connectivity index (χ1n) is 6.64. The fourth-order valence-corrected chi connectivity index (χ4v) is 3.52. The highest BCUT2D eigenvalue weighted by Gasteiger charge is 2.17. The van der Waals surface area contributed by atoms with E-state index in [1.54, 1.807) is 0 Å². The SMILES string of the molecule is O=S(=O)(NCCN1CCCC1)c1ccc(Cl)c(CO)c1. The van der Waals surface area contributed by atoms with Gasteiger partial charge in [-0.2, -0.15) is 0 Å². The summed E-state index contributed by atoms with van der Waals surface area (Å²) in [4.78, 5) is 2.37. The van der Waals surface area contributed by atoms with Gasteiger partial charge in [0.25, 0.3) is 0 Å². The van der Waals surface area contributed by atoms with Crippen LogP contribution < -0.4 is 4.72 Å². The summed E-state index contributed by atoms with van der Waals surface area (Å²) in [6, 6.07) is 4.34. The quantitative estimate of drug-likeness (QED) is 0.827. The molecule has 0 saturated carbocycles. The van der Waals surface area contributed by atoms with Gasteiger partial charge in [0.05, 0.1) is 11.5 Å². The van der Waals surface area contributed by atoms with E-state index in [1.807, 2.05) is 0 Å². The standard InChI is InChI=1S/C13H19ClN2O3S/c14-13-4-3-12(9-11(13)10-17)20(18,19)15-5-8-16-6-1-2-7-16/h3-4,9,15,17H,1-2,5-8,10H2. The molecule has 0 aliphatic carbocycles. The Morgan fingerprint density at radius 3 is 2.65 bits per heavy atom. The van der Waals surface area contributed by atoms with E-state index in [0.717, 1.165) is 19.6 Å². The first-order chi connectivity index (χ1) is 9.53. The van der Waals surface area contributed by atoms with Gasteiger partial charge in [-0.25, -0.2) is 13.1 Å². The third-order valence-electron chi connectivity index (χ3n) is 3.42. The Labute approximate surface area is 124 Å². The Balaban J connectivity index is 1.98. The number of nitrogens with zero attached hydrogens (tertiary/aromatic N) is 1. The van der Waals surface area contributed by atoms with Crippen LogP contribution in [0.25, 0.3) is 0 Å². The summed E-state index contributed by atoms with van der Waals surface area (Å²) in [5.74, 6) is 0. The highest BCUT2D eigenvalue weighted by Crippen LogP contribution is 2.20. The number of halogens is 1. The first-order valence-corrected chi connectivity index (χ1v) is 8.50. The molecule has 1 aromatic rings. The van der Waals surface area contributed by atoms with Gasteiger partial charge in [-0.3, -0.25) is 0 Å². The van der Waals surface area contributed by atoms with Crippen LogP contribution in [-0.4, -0.2) is 44.6 Å². The molecule has 0 radical (unpaired) electrons. The van der Waals surface area contributed by atoms with Crippen molar-refractivity contribution in [3.8, 4) is 0 Å². The molecule has 0 bridgehead atoms. The molecule has 0 aromatic heterocycles. The van der Waals surface area contributed by atoms with Gasteiger partial charge in [0.1, 0.15) is 0 Å². The third-order valence-corrected chi connectivity index (χ3v) is 5.24. The topological polar surface area (TPSA) is 69.6 Å². The molecule has 0 amide bonds. The molecule has 1 fully saturated rings. The second-order valence-electron chi connectivity index (χ2n) is 4.86. The number of nitrogens with one attached hydrogen (secondary N) is 1. The minimum Gasteiger partial charge on any atom is -0.392 e. The van der Waals surface area contributed by atoms with Crippen molar-refractivity contribution < 1.29 is 13.5 Å². The molecule has 112 valence electrons. The highest BCUT2D eigenvalue weighted by molar-refractivity contribution is 7.89. The number of hydrogen-bond donors (Lipinski definition) is 2. The fraction of sp³-hybridized carbons (Fsp3) is 0.538. The molecular weight excluding hydrogens is 300 g/mol. The zero-order valence-electron chi connectivity index (χ0n) is 11.2. The van der Waals surface area contributed by atoms with Gasteiger partial charge >= 0.3 is 0 Å². The average molecular weight is 319 g/mol. The maximum atomic E-state index is 12.1. The Bertz CT molecular complexity index is 557. The zero-order chi connectivity index (χ0) is 14.6. The van der Waals surface area contributed by atoms with Crippen molar-refractivity contribution in [2.45, 2.75) is 24.3 Å². The molecular formula is C13H19ClN2O3S. The average Bonchev–Trinajstić information content (AvgIpc) is 2.92. The summed E-state index contributed by atoms with van der Waals surface area (Å²) in [6.45, 7) is 2.91. The highest BCUT2D eigenvalue weighted by atomic mass is 35.5. The van der Waals surface area contributed by atoms with Crippen LogP contribution in [0.5, 0.6) is 0 Å². The molecule has 5 nitrogen and oxygen atoms in total. The van der Waals surface area contributed by atoms with Gasteiger partial charge in [0, 0.05) is 18.1 Å². The molecule has 1 aromatic carbocycles. The van der Waals surface area contributed by atoms with Gasteiger partial charge in [-0.15, -0.1) is 0 Å². The lowest BCUT2D eigenvalue weighted by Crippen LogP contribution is -2.33. The van der Waals surface area contributed by atoms with E-state index in [4.69, 9.17) is 16.7 Å². The van der Waals surface area contributed by atoms with Gasteiger partial charge in [-0.05, 0) is 49.7 Å². The summed E-state index contributed by atoms with van der Waals surface area (Å²) in [6.07, 6.45) is 2.37. The van der Waals surface area contributed by atoms with Crippen LogP contribution in [-0.2, 0) is 16.6 Å². The monoisotopic (exact) mass is 318 g/mol. The van der Waals surface area contributed by atoms with E-state index in [0.29, 0.717) is 17.1 Å². The second-order valence-corrected chi connectivity index (χ2v) is 7.03. The Hall–Kier alpha value is -0.660. The molecule has 0 spiro atoms. The number of benzene rings is 1. The minimum atomic E-state index is -3.55. The largest absolute Gasteiger partial charge is 0.392 e. The smallest absolute Gasteiger partial charge is 0.240 e. The Morgan fingerprint density at radius 2 is 2.00 bits per heavy atom. The van der Waals surface area contributed by atoms with Gasteiger partial charge in [0.15, 0.2) is 0 Å². The number of likely N-dealkylation sites (tertiary alicyclic amines) is 1. The van der Waals surface area contributed by atoms with Crippen molar-refractivity contribution in [3.63, 3.8) is 0 Å². The van der Waals surface area contributed by atoms with Crippen molar-refractivity contribution in [2.75, 3.05) is 26.2 Å². The van der Waals surface area contributed by atoms with Crippen LogP contribution in [0.15, 0.2) is 23.1 Å². The van der Waals surface area contributed by atoms with E-state index < -0.39 is 10.0 Å². The number of hydrogen-bond acceptors (Lipinski definition) is 4. The first kappa shape index (κ1) is 15.7. The number of aliphatic hydroxyl groups is 1. The summed E-state index contributed by atoms with van der Waals surface area (Å²) < 4.78 is 26.8. The lowest BCUT2D eigenvalue weighted by molar-refractivity contribution is 0.281. The molecule has 1 aliphatic rings. The lowest BCUT2D eigenvalue weighted by atomic mass is 10.2. The molecule has 1 aliphatic heterocycles. The minimum absolute atomic E-state index is 0.132. The van der Waals surface area contributed by atoms with Crippen LogP contribution >= 0.6 is 11.6 Å². The predicted molar refractivity (Wildman–Crippen MR) is 78.2 cm³/mol. The Kier molecular flexibility index (Phi) is 5.40. The maximum absolute atomic E-state index is 12.1. The normalized spacial score (nSPS) is 16.7. The van der Waals surface area contributed by atoms with Crippen LogP contribution in [0.1, 0.15) is 18.4 Å². The Morgan fingerprint density at radius 1 is 1.30 bits per heavy atom. The number of rotatable bonds is 6. The van der Waals surface area contributed by atoms with Crippen molar-refractivity contribution in [2.24, 2.45) is 0 Å². The van der Waals surface area contributed by atoms with Crippen molar-refractivity contribution in [1.82, 2.24) is 9.62 Å². The molecule has 1 heterocycles. The fourth-order valence-electron chi connectivity index (χ4n) is 2.27. The molecule has 1 saturated heterocycles. The zero-order valence-corrected chi connectivity index (χ0v) is 12.8. The van der Waals surface area contributed by atoms with Crippen LogP contribution in [0.2, 0.25) is 5.02 Å². The van der Waals surface area contributed by atoms with E-state index in [-0.39, 0.29) is 11.5 Å². The summed E-state index contributed by atoms with van der Waals surface area (Å²) >= 11 is 5.85. The van der Waals surface area contributed by atoms with E-state index in [1.165, 1.54) is 31.0 Å². The van der Waals surface area contributed by atoms with Crippen molar-refractivity contribution >= 4 is 21.6 Å². The van der Waals surface area contributed by atoms with Gasteiger partial charge in [-0.1, -0.05) is 11.6 Å². The number of sulfonamides is 1. The summed E-state index contributed by atoms with van der Waals surface area (Å²) in [7, 11) is -3.55. The maximum Gasteiger partial charge on any atom is 0.240 e. The number of aliphatic hydroxyl groups excluding tert-OH is 1. The van der Waals surface area contributed by atoms with Crippen LogP contribution in [0.4, 0.5) is 0 Å². The third kappa shape index (κ3) is 3.93. The van der Waals surface area contributed by atoms with Crippen molar-refractivity contribution in [1.29, 1.82) is 0 Å². The molecule has 0 unspecified atom stereocenters. The van der Waals surface area contributed by atoms with Gasteiger partial charge in [0.2, 0.25) is 10.0 Å². The van der Waals surface area contributed by atoms with E-state index in [9.17, 15) is 8.42 Å². The van der Waals surface area contributed by atoms with Crippen molar-refractivity contribution in [3.05, 3.63) is 28.8 Å². The molecule has 2 N–H and O–H groups in total. The van der Waals surface area contributed by atoms with Crippen LogP contribution in [0.3, 0.4) is 0 Å². The molecule has 0 atom stereocenters. The predicted octanol–water partition coefficient (Wildman–Crippen LogP) is 1.21. The summed E-state index contributed by atoms with van der Waals surface area (Å²) in [5, 5.41) is 9.49. The van der Waals surface area contributed by atoms with E-state index >= 15 is 0 Å². The molecule has 7 heteroatoms. The second kappa shape index (κ2) is 6.87. The molecule has 20 heavy (non-hydrogen) atoms. The van der Waals surface area contributed by atoms with Gasteiger partial charge < -0.3 is 10.0 Å². The lowest BCUT2D eigenvalue weighted by Gasteiger charge is -2.15. The summed E-state index contributed by atoms with van der Waals surface area (Å²) in [5.41, 5.74) is 0.411.